The molecule has 0 radical (unpaired) electrons. The standard InChI is InChI=1S/C16H33N/c1-12(17-11)14(5,6)16(9,10)15(7,8)13(2,3)4/h1-11H3. The van der Waals surface area contributed by atoms with Crippen molar-refractivity contribution in [3.63, 3.8) is 0 Å². The molecule has 0 spiro atoms. The molecule has 0 aliphatic heterocycles. The van der Waals surface area contributed by atoms with Crippen molar-refractivity contribution < 1.29 is 0 Å². The molecule has 0 saturated heterocycles. The maximum Gasteiger partial charge on any atom is 0.0276 e. The van der Waals surface area contributed by atoms with Crippen LogP contribution in [0.2, 0.25) is 0 Å². The fraction of sp³-hybridized carbons (Fsp3) is 0.938. The van der Waals surface area contributed by atoms with E-state index in [-0.39, 0.29) is 21.7 Å². The first-order chi connectivity index (χ1) is 7.23. The van der Waals surface area contributed by atoms with Gasteiger partial charge >= 0.3 is 0 Å². The molecule has 17 heavy (non-hydrogen) atoms. The van der Waals surface area contributed by atoms with E-state index in [9.17, 15) is 0 Å². The topological polar surface area (TPSA) is 12.4 Å². The monoisotopic (exact) mass is 239 g/mol. The van der Waals surface area contributed by atoms with Crippen molar-refractivity contribution in [2.24, 2.45) is 26.7 Å². The summed E-state index contributed by atoms with van der Waals surface area (Å²) in [6.07, 6.45) is 0. The van der Waals surface area contributed by atoms with Gasteiger partial charge in [0.25, 0.3) is 0 Å². The van der Waals surface area contributed by atoms with Crippen molar-refractivity contribution in [3.8, 4) is 0 Å². The minimum absolute atomic E-state index is 0.0958. The Morgan fingerprint density at radius 1 is 0.706 bits per heavy atom. The SMILES string of the molecule is CN=C(C)C(C)(C)C(C)(C)C(C)(C)C(C)(C)C. The molecule has 1 heteroatoms. The van der Waals surface area contributed by atoms with Gasteiger partial charge in [0.05, 0.1) is 0 Å². The molecule has 0 bridgehead atoms. The Morgan fingerprint density at radius 3 is 1.29 bits per heavy atom. The number of aliphatic imine (C=N–C) groups is 1. The highest BCUT2D eigenvalue weighted by atomic mass is 14.7. The highest BCUT2D eigenvalue weighted by Crippen LogP contribution is 2.59. The average molecular weight is 239 g/mol. The Bertz CT molecular complexity index is 298. The van der Waals surface area contributed by atoms with E-state index < -0.39 is 0 Å². The van der Waals surface area contributed by atoms with Crippen LogP contribution in [-0.2, 0) is 0 Å². The lowest BCUT2D eigenvalue weighted by atomic mass is 9.47. The molecule has 0 N–H and O–H groups in total. The van der Waals surface area contributed by atoms with Crippen LogP contribution < -0.4 is 0 Å². The Kier molecular flexibility index (Phi) is 4.32. The molecule has 0 fully saturated rings. The summed E-state index contributed by atoms with van der Waals surface area (Å²) in [5, 5.41) is 0. The van der Waals surface area contributed by atoms with Crippen molar-refractivity contribution in [3.05, 3.63) is 0 Å². The zero-order chi connectivity index (χ0) is 14.3. The van der Waals surface area contributed by atoms with Crippen LogP contribution in [0.5, 0.6) is 0 Å². The van der Waals surface area contributed by atoms with E-state index >= 15 is 0 Å². The molecule has 0 rings (SSSR count). The number of hydrogen-bond acceptors (Lipinski definition) is 1. The van der Waals surface area contributed by atoms with Crippen LogP contribution in [0, 0.1) is 21.7 Å². The van der Waals surface area contributed by atoms with Crippen molar-refractivity contribution in [1.82, 2.24) is 0 Å². The quantitative estimate of drug-likeness (QED) is 0.600. The third kappa shape index (κ3) is 2.44. The molecule has 0 atom stereocenters. The van der Waals surface area contributed by atoms with Crippen LogP contribution in [0.15, 0.2) is 4.99 Å². The van der Waals surface area contributed by atoms with E-state index in [1.807, 2.05) is 7.05 Å². The molecule has 0 aliphatic carbocycles. The zero-order valence-corrected chi connectivity index (χ0v) is 13.9. The van der Waals surface area contributed by atoms with Gasteiger partial charge in [0, 0.05) is 18.2 Å². The van der Waals surface area contributed by atoms with E-state index in [0.717, 1.165) is 0 Å². The first kappa shape index (κ1) is 16.7. The number of rotatable bonds is 3. The Balaban J connectivity index is 5.72. The van der Waals surface area contributed by atoms with Crippen LogP contribution in [0.3, 0.4) is 0 Å². The van der Waals surface area contributed by atoms with Gasteiger partial charge in [-0.2, -0.15) is 0 Å². The number of nitrogens with zero attached hydrogens (tertiary/aromatic N) is 1. The average Bonchev–Trinajstić information content (AvgIpc) is 2.13. The van der Waals surface area contributed by atoms with E-state index in [2.05, 4.69) is 74.2 Å². The fourth-order valence-electron chi connectivity index (χ4n) is 2.45. The largest absolute Gasteiger partial charge is 0.297 e. The van der Waals surface area contributed by atoms with E-state index in [4.69, 9.17) is 0 Å². The summed E-state index contributed by atoms with van der Waals surface area (Å²) in [6, 6.07) is 0. The van der Waals surface area contributed by atoms with Crippen molar-refractivity contribution >= 4 is 5.71 Å². The summed E-state index contributed by atoms with van der Waals surface area (Å²) in [7, 11) is 1.90. The van der Waals surface area contributed by atoms with Gasteiger partial charge in [0.2, 0.25) is 0 Å². The van der Waals surface area contributed by atoms with Crippen LogP contribution in [0.25, 0.3) is 0 Å². The maximum atomic E-state index is 4.44. The predicted octanol–water partition coefficient (Wildman–Crippen LogP) is 5.20. The van der Waals surface area contributed by atoms with Gasteiger partial charge in [0.15, 0.2) is 0 Å². The summed E-state index contributed by atoms with van der Waals surface area (Å²) < 4.78 is 0. The second kappa shape index (κ2) is 4.40. The molecule has 0 aliphatic rings. The van der Waals surface area contributed by atoms with Crippen molar-refractivity contribution in [2.75, 3.05) is 7.05 Å². The molecular weight excluding hydrogens is 206 g/mol. The first-order valence-electron chi connectivity index (χ1n) is 6.67. The molecular formula is C16H33N. The van der Waals surface area contributed by atoms with E-state index in [1.54, 1.807) is 0 Å². The van der Waals surface area contributed by atoms with E-state index in [0.29, 0.717) is 0 Å². The Morgan fingerprint density at radius 2 is 1.06 bits per heavy atom. The van der Waals surface area contributed by atoms with Gasteiger partial charge in [-0.1, -0.05) is 62.3 Å². The maximum absolute atomic E-state index is 4.44. The lowest BCUT2D eigenvalue weighted by Gasteiger charge is -2.58. The molecule has 0 saturated carbocycles. The fourth-order valence-corrected chi connectivity index (χ4v) is 2.45. The first-order valence-corrected chi connectivity index (χ1v) is 6.67. The van der Waals surface area contributed by atoms with Gasteiger partial charge in [-0.15, -0.1) is 0 Å². The third-order valence-corrected chi connectivity index (χ3v) is 6.24. The smallest absolute Gasteiger partial charge is 0.0276 e. The Labute approximate surface area is 109 Å². The highest BCUT2D eigenvalue weighted by molar-refractivity contribution is 5.88. The molecule has 1 nitrogen and oxygen atoms in total. The van der Waals surface area contributed by atoms with E-state index in [1.165, 1.54) is 5.71 Å². The lowest BCUT2D eigenvalue weighted by molar-refractivity contribution is -0.0596. The summed E-state index contributed by atoms with van der Waals surface area (Å²) in [6.45, 7) is 23.3. The van der Waals surface area contributed by atoms with Gasteiger partial charge in [-0.3, -0.25) is 4.99 Å². The summed E-state index contributed by atoms with van der Waals surface area (Å²) in [5.74, 6) is 0. The number of hydrogen-bond donors (Lipinski definition) is 0. The van der Waals surface area contributed by atoms with Crippen LogP contribution in [0.1, 0.15) is 69.2 Å². The predicted molar refractivity (Wildman–Crippen MR) is 79.8 cm³/mol. The van der Waals surface area contributed by atoms with Crippen LogP contribution >= 0.6 is 0 Å². The van der Waals surface area contributed by atoms with Gasteiger partial charge in [0.1, 0.15) is 0 Å². The van der Waals surface area contributed by atoms with Crippen LogP contribution in [-0.4, -0.2) is 12.8 Å². The molecule has 102 valence electrons. The second-order valence-electron chi connectivity index (χ2n) is 7.93. The minimum Gasteiger partial charge on any atom is -0.297 e. The molecule has 0 unspecified atom stereocenters. The minimum atomic E-state index is 0.0958. The Hall–Kier alpha value is -0.330. The van der Waals surface area contributed by atoms with Crippen molar-refractivity contribution in [1.29, 1.82) is 0 Å². The normalized spacial score (nSPS) is 16.3. The molecule has 0 amide bonds. The summed E-state index contributed by atoms with van der Waals surface area (Å²) >= 11 is 0. The molecule has 0 aromatic rings. The van der Waals surface area contributed by atoms with Crippen molar-refractivity contribution in [2.45, 2.75) is 69.2 Å². The second-order valence-corrected chi connectivity index (χ2v) is 7.93. The van der Waals surface area contributed by atoms with Gasteiger partial charge in [-0.05, 0) is 23.2 Å². The molecule has 0 aromatic heterocycles. The van der Waals surface area contributed by atoms with Crippen LogP contribution in [0.4, 0.5) is 0 Å². The summed E-state index contributed by atoms with van der Waals surface area (Å²) in [4.78, 5) is 4.44. The highest BCUT2D eigenvalue weighted by Gasteiger charge is 2.53. The lowest BCUT2D eigenvalue weighted by Crippen LogP contribution is -2.53. The summed E-state index contributed by atoms with van der Waals surface area (Å²) in [5.41, 5.74) is 1.98. The molecule has 0 aromatic carbocycles. The molecule has 0 heterocycles. The third-order valence-electron chi connectivity index (χ3n) is 6.24. The van der Waals surface area contributed by atoms with Gasteiger partial charge in [-0.25, -0.2) is 0 Å². The zero-order valence-electron chi connectivity index (χ0n) is 13.9. The van der Waals surface area contributed by atoms with Gasteiger partial charge < -0.3 is 0 Å².